The van der Waals surface area contributed by atoms with E-state index >= 15 is 0 Å². The standard InChI is InChI=1S/C104H200N4O12/c1-7-11-15-19-23-27-31-35-39-43-47-51-55-59-63-71-89-115-101(111)77-83-105(84-78-102(112)116-90-72-64-60-56-52-48-44-40-36-32-28-24-20-16-12-8-2)81-69-67-75-99(109)119-93-87-107-95-98(6)108(96-97(107)5)88-94-120-100(110)76-68-70-82-106(85-79-103(113)117-91-73-65-61-57-53-49-45-41-37-33-29-25-21-17-13-9-3)86-80-104(114)118-92-74-66-62-58-54-50-46-42-38-34-30-26-22-18-14-10-4/h97-98H,7-96H2,1-6H3. The van der Waals surface area contributed by atoms with Gasteiger partial charge in [-0.2, -0.15) is 0 Å². The van der Waals surface area contributed by atoms with Crippen LogP contribution < -0.4 is 0 Å². The van der Waals surface area contributed by atoms with Gasteiger partial charge in [-0.15, -0.1) is 0 Å². The molecule has 0 aromatic rings. The highest BCUT2D eigenvalue weighted by Gasteiger charge is 2.29. The first-order valence-electron chi connectivity index (χ1n) is 52.8. The molecule has 0 aliphatic carbocycles. The van der Waals surface area contributed by atoms with E-state index < -0.39 is 0 Å². The largest absolute Gasteiger partial charge is 0.466 e. The molecule has 120 heavy (non-hydrogen) atoms. The fourth-order valence-electron chi connectivity index (χ4n) is 17.1. The van der Waals surface area contributed by atoms with Crippen LogP contribution in [0.25, 0.3) is 0 Å². The van der Waals surface area contributed by atoms with Crippen LogP contribution in [0.15, 0.2) is 0 Å². The highest BCUT2D eigenvalue weighted by atomic mass is 16.6. The van der Waals surface area contributed by atoms with Crippen LogP contribution in [0.5, 0.6) is 0 Å². The van der Waals surface area contributed by atoms with Crippen LogP contribution in [0, 0.1) is 0 Å². The van der Waals surface area contributed by atoms with Crippen molar-refractivity contribution in [2.75, 3.05) is 105 Å². The van der Waals surface area contributed by atoms with Crippen LogP contribution in [0.1, 0.15) is 517 Å². The molecule has 0 aromatic carbocycles. The zero-order valence-electron chi connectivity index (χ0n) is 80.5. The first-order valence-corrected chi connectivity index (χ1v) is 52.8. The van der Waals surface area contributed by atoms with Crippen molar-refractivity contribution < 1.29 is 57.2 Å². The third-order valence-electron chi connectivity index (χ3n) is 25.3. The highest BCUT2D eigenvalue weighted by Crippen LogP contribution is 2.22. The smallest absolute Gasteiger partial charge is 0.307 e. The normalized spacial score (nSPS) is 13.9. The Balaban J connectivity index is 2.54. The highest BCUT2D eigenvalue weighted by molar-refractivity contribution is 5.71. The average molecular weight is 1700 g/mol. The van der Waals surface area contributed by atoms with Crippen molar-refractivity contribution in [3.05, 3.63) is 0 Å². The molecule has 708 valence electrons. The number of rotatable bonds is 96. The zero-order valence-corrected chi connectivity index (χ0v) is 80.5. The summed E-state index contributed by atoms with van der Waals surface area (Å²) >= 11 is 0. The fraction of sp³-hybridized carbons (Fsp3) is 0.942. The van der Waals surface area contributed by atoms with Crippen LogP contribution in [0.2, 0.25) is 0 Å². The Morgan fingerprint density at radius 3 is 0.542 bits per heavy atom. The topological polar surface area (TPSA) is 171 Å². The van der Waals surface area contributed by atoms with Gasteiger partial charge in [0, 0.05) is 77.3 Å². The monoisotopic (exact) mass is 1700 g/mol. The van der Waals surface area contributed by atoms with E-state index in [4.69, 9.17) is 28.4 Å². The lowest BCUT2D eigenvalue weighted by Crippen LogP contribution is -2.57. The molecule has 1 heterocycles. The molecule has 1 saturated heterocycles. The predicted octanol–water partition coefficient (Wildman–Crippen LogP) is 28.2. The summed E-state index contributed by atoms with van der Waals surface area (Å²) < 4.78 is 34.3. The maximum Gasteiger partial charge on any atom is 0.307 e. The SMILES string of the molecule is CCCCCCCCCCCCCCCCCCOC(=O)CCN(CCCCC(=O)OCCN1CC(C)N(CCOC(=O)CCCCN(CCC(=O)OCCCCCCCCCCCCCCCCCC)CCC(=O)OCCCCCCCCCCCCCCCCCC)CC1C)CCC(=O)OCCCCCCCCCCCCCCCCCC. The van der Waals surface area contributed by atoms with Crippen LogP contribution >= 0.6 is 0 Å². The van der Waals surface area contributed by atoms with Crippen LogP contribution in [0.4, 0.5) is 0 Å². The first kappa shape index (κ1) is 115. The van der Waals surface area contributed by atoms with E-state index in [0.717, 1.165) is 77.3 Å². The molecular formula is C104H200N4O12. The van der Waals surface area contributed by atoms with Gasteiger partial charge in [-0.25, -0.2) is 0 Å². The number of piperazine rings is 1. The molecule has 1 rings (SSSR count). The van der Waals surface area contributed by atoms with Crippen molar-refractivity contribution >= 4 is 35.8 Å². The van der Waals surface area contributed by atoms with Gasteiger partial charge in [-0.3, -0.25) is 38.6 Å². The van der Waals surface area contributed by atoms with Crippen LogP contribution in [-0.4, -0.2) is 173 Å². The van der Waals surface area contributed by atoms with Crippen molar-refractivity contribution in [2.24, 2.45) is 0 Å². The molecule has 2 unspecified atom stereocenters. The lowest BCUT2D eigenvalue weighted by Gasteiger charge is -2.44. The van der Waals surface area contributed by atoms with Gasteiger partial charge in [0.2, 0.25) is 0 Å². The molecule has 1 aliphatic heterocycles. The molecule has 1 fully saturated rings. The number of nitrogens with zero attached hydrogens (tertiary/aromatic N) is 4. The summed E-state index contributed by atoms with van der Waals surface area (Å²) in [5.74, 6) is -1.22. The van der Waals surface area contributed by atoms with Crippen molar-refractivity contribution in [2.45, 2.75) is 529 Å². The van der Waals surface area contributed by atoms with E-state index in [0.29, 0.717) is 118 Å². The van der Waals surface area contributed by atoms with Gasteiger partial charge < -0.3 is 38.2 Å². The summed E-state index contributed by atoms with van der Waals surface area (Å²) in [6.45, 7) is 22.2. The van der Waals surface area contributed by atoms with E-state index in [1.165, 1.54) is 360 Å². The maximum atomic E-state index is 13.1. The minimum atomic E-state index is -0.212. The summed E-state index contributed by atoms with van der Waals surface area (Å²) in [4.78, 5) is 87.1. The third-order valence-corrected chi connectivity index (χ3v) is 25.3. The second kappa shape index (κ2) is 91.9. The third kappa shape index (κ3) is 81.7. The predicted molar refractivity (Wildman–Crippen MR) is 505 cm³/mol. The molecule has 1 aliphatic rings. The maximum absolute atomic E-state index is 13.1. The molecule has 0 N–H and O–H groups in total. The summed E-state index contributed by atoms with van der Waals surface area (Å²) in [5.41, 5.74) is 0. The van der Waals surface area contributed by atoms with Gasteiger partial charge in [0.15, 0.2) is 0 Å². The van der Waals surface area contributed by atoms with Crippen LogP contribution in [0.3, 0.4) is 0 Å². The molecule has 0 aromatic heterocycles. The Hall–Kier alpha value is -3.34. The molecule has 16 nitrogen and oxygen atoms in total. The van der Waals surface area contributed by atoms with E-state index in [-0.39, 0.29) is 73.6 Å². The minimum absolute atomic E-state index is 0.198. The summed E-state index contributed by atoms with van der Waals surface area (Å²) in [6.07, 6.45) is 87.8. The lowest BCUT2D eigenvalue weighted by molar-refractivity contribution is -0.146. The number of hydrogen-bond donors (Lipinski definition) is 0. The number of hydrogen-bond acceptors (Lipinski definition) is 16. The molecule has 0 spiro atoms. The second-order valence-corrected chi connectivity index (χ2v) is 36.8. The number of ether oxygens (including phenoxy) is 6. The number of carbonyl (C=O) groups excluding carboxylic acids is 6. The van der Waals surface area contributed by atoms with Gasteiger partial charge in [-0.1, -0.05) is 413 Å². The van der Waals surface area contributed by atoms with Crippen molar-refractivity contribution in [3.8, 4) is 0 Å². The minimum Gasteiger partial charge on any atom is -0.466 e. The molecule has 0 radical (unpaired) electrons. The second-order valence-electron chi connectivity index (χ2n) is 36.8. The van der Waals surface area contributed by atoms with Gasteiger partial charge in [0.1, 0.15) is 13.2 Å². The van der Waals surface area contributed by atoms with Crippen molar-refractivity contribution in [1.29, 1.82) is 0 Å². The summed E-state index contributed by atoms with van der Waals surface area (Å²) in [6, 6.07) is 0.459. The Morgan fingerprint density at radius 1 is 0.200 bits per heavy atom. The van der Waals surface area contributed by atoms with Gasteiger partial charge in [0.25, 0.3) is 0 Å². The molecule has 0 amide bonds. The summed E-state index contributed by atoms with van der Waals surface area (Å²) in [7, 11) is 0. The van der Waals surface area contributed by atoms with Gasteiger partial charge in [-0.05, 0) is 78.3 Å². The Bertz CT molecular complexity index is 1970. The first-order chi connectivity index (χ1) is 58.9. The Labute approximate surface area is 742 Å². The van der Waals surface area contributed by atoms with E-state index in [9.17, 15) is 28.8 Å². The van der Waals surface area contributed by atoms with Crippen molar-refractivity contribution in [1.82, 2.24) is 19.6 Å². The quantitative estimate of drug-likeness (QED) is 0.0320. The van der Waals surface area contributed by atoms with E-state index in [2.05, 4.69) is 61.1 Å². The molecule has 16 heteroatoms. The molecule has 0 bridgehead atoms. The Morgan fingerprint density at radius 2 is 0.358 bits per heavy atom. The van der Waals surface area contributed by atoms with E-state index in [1.54, 1.807) is 0 Å². The molecular weight excluding hydrogens is 1500 g/mol. The number of unbranched alkanes of at least 4 members (excludes halogenated alkanes) is 62. The number of carbonyl (C=O) groups is 6. The van der Waals surface area contributed by atoms with Crippen molar-refractivity contribution in [3.63, 3.8) is 0 Å². The van der Waals surface area contributed by atoms with Gasteiger partial charge >= 0.3 is 35.8 Å². The molecule has 0 saturated carbocycles. The fourth-order valence-corrected chi connectivity index (χ4v) is 17.1. The average Bonchev–Trinajstić information content (AvgIpc) is 0.845. The number of esters is 6. The van der Waals surface area contributed by atoms with Gasteiger partial charge in [0.05, 0.1) is 52.1 Å². The Kier molecular flexibility index (Phi) is 87.8. The zero-order chi connectivity index (χ0) is 86.8. The van der Waals surface area contributed by atoms with Crippen LogP contribution in [-0.2, 0) is 57.2 Å². The summed E-state index contributed by atoms with van der Waals surface area (Å²) in [5, 5.41) is 0. The van der Waals surface area contributed by atoms with E-state index in [1.807, 2.05) is 0 Å². The molecule has 2 atom stereocenters. The lowest BCUT2D eigenvalue weighted by atomic mass is 10.0.